The van der Waals surface area contributed by atoms with Gasteiger partial charge >= 0.3 is 0 Å². The molecule has 0 unspecified atom stereocenters. The first-order valence-corrected chi connectivity index (χ1v) is 17.1. The molecular weight excluding hydrogens is 617 g/mol. The van der Waals surface area contributed by atoms with E-state index in [9.17, 15) is 0 Å². The molecule has 0 bridgehead atoms. The third kappa shape index (κ3) is 4.84. The molecule has 2 nitrogen and oxygen atoms in total. The monoisotopic (exact) mass is 653 g/mol. The topological polar surface area (TPSA) is 17.8 Å². The summed E-state index contributed by atoms with van der Waals surface area (Å²) in [4.78, 5) is 5.18. The maximum atomic E-state index is 8.64. The first kappa shape index (κ1) is 24.4. The van der Waals surface area contributed by atoms with Gasteiger partial charge in [0.15, 0.2) is 0 Å². The van der Waals surface area contributed by atoms with Crippen LogP contribution in [0.25, 0.3) is 93.8 Å². The average Bonchev–Trinajstić information content (AvgIpc) is 3.63. The zero-order valence-electron chi connectivity index (χ0n) is 32.5. The molecule has 0 radical (unpaired) electrons. The molecule has 238 valence electrons. The zero-order valence-corrected chi connectivity index (χ0v) is 27.5. The van der Waals surface area contributed by atoms with Gasteiger partial charge in [-0.1, -0.05) is 170 Å². The number of nitrogens with zero attached hydrogens (tertiary/aromatic N) is 2. The van der Waals surface area contributed by atoms with E-state index in [0.29, 0.717) is 5.56 Å². The van der Waals surface area contributed by atoms with E-state index in [4.69, 9.17) is 11.8 Å². The number of hydrogen-bond acceptors (Lipinski definition) is 1. The summed E-state index contributed by atoms with van der Waals surface area (Å²) in [5.41, 5.74) is 8.95. The molecule has 0 saturated carbocycles. The molecule has 0 amide bonds. The van der Waals surface area contributed by atoms with E-state index in [2.05, 4.69) is 126 Å². The number of hydrogen-bond donors (Lipinski definition) is 0. The van der Waals surface area contributed by atoms with E-state index in [1.807, 2.05) is 42.5 Å². The van der Waals surface area contributed by atoms with Crippen LogP contribution in [-0.4, -0.2) is 9.55 Å². The van der Waals surface area contributed by atoms with Crippen LogP contribution in [0.5, 0.6) is 0 Å². The molecule has 1 heterocycles. The summed E-state index contributed by atoms with van der Waals surface area (Å²) in [6.45, 7) is 0. The summed E-state index contributed by atoms with van der Waals surface area (Å²) < 4.78 is 44.2. The number of para-hydroxylation sites is 2. The molecule has 0 aliphatic carbocycles. The van der Waals surface area contributed by atoms with E-state index < -0.39 is 6.04 Å². The van der Waals surface area contributed by atoms with Crippen LogP contribution < -0.4 is 0 Å². The second kappa shape index (κ2) is 12.0. The number of benzene rings is 9. The maximum absolute atomic E-state index is 8.64. The first-order chi connectivity index (χ1) is 27.4. The fourth-order valence-electron chi connectivity index (χ4n) is 7.63. The van der Waals surface area contributed by atoms with E-state index in [1.165, 1.54) is 5.39 Å². The maximum Gasteiger partial charge on any atom is 0.145 e. The fourth-order valence-corrected chi connectivity index (χ4v) is 7.63. The van der Waals surface area contributed by atoms with Crippen LogP contribution in [-0.2, 0) is 0 Å². The highest BCUT2D eigenvalue weighted by Gasteiger charge is 2.19. The highest BCUT2D eigenvalue weighted by Crippen LogP contribution is 2.44. The number of imidazole rings is 1. The molecule has 0 spiro atoms. The van der Waals surface area contributed by atoms with Crippen LogP contribution in [0.1, 0.15) is 6.85 Å². The van der Waals surface area contributed by atoms with E-state index >= 15 is 0 Å². The summed E-state index contributed by atoms with van der Waals surface area (Å²) in [7, 11) is 0. The lowest BCUT2D eigenvalue weighted by atomic mass is 9.85. The molecule has 0 atom stereocenters. The van der Waals surface area contributed by atoms with Crippen LogP contribution in [0, 0.1) is 0 Å². The quantitative estimate of drug-likeness (QED) is 0.169. The Bertz CT molecular complexity index is 3110. The standard InChI is InChI=1S/C49H32N2/c1-2-14-33(15-3-1)37-18-12-19-38(32-37)48-42-23-8-6-21-40(42)47(41-22-7-9-24-43(41)48)35-28-30-36(31-29-35)49-50-44-25-10-11-26-46(44)51(49)45-27-13-17-34-16-4-5-20-39(34)45/h1-32H/i1D,2D,3D,14D,15D. The highest BCUT2D eigenvalue weighted by molar-refractivity contribution is 6.21. The lowest BCUT2D eigenvalue weighted by Gasteiger charge is -2.18. The third-order valence-electron chi connectivity index (χ3n) is 9.87. The Morgan fingerprint density at radius 3 is 1.69 bits per heavy atom. The van der Waals surface area contributed by atoms with Gasteiger partial charge in [0.05, 0.1) is 23.6 Å². The molecule has 0 aliphatic heterocycles. The number of rotatable bonds is 5. The highest BCUT2D eigenvalue weighted by atomic mass is 15.1. The van der Waals surface area contributed by atoms with E-state index in [-0.39, 0.29) is 29.7 Å². The largest absolute Gasteiger partial charge is 0.292 e. The van der Waals surface area contributed by atoms with E-state index in [0.717, 1.165) is 77.3 Å². The van der Waals surface area contributed by atoms with Crippen LogP contribution in [0.4, 0.5) is 0 Å². The summed E-state index contributed by atoms with van der Waals surface area (Å²) in [6, 6.07) is 54.8. The van der Waals surface area contributed by atoms with Gasteiger partial charge < -0.3 is 0 Å². The van der Waals surface area contributed by atoms with Crippen molar-refractivity contribution in [1.82, 2.24) is 9.55 Å². The van der Waals surface area contributed by atoms with Crippen molar-refractivity contribution in [2.24, 2.45) is 0 Å². The van der Waals surface area contributed by atoms with Gasteiger partial charge in [-0.05, 0) is 84.6 Å². The van der Waals surface area contributed by atoms with Crippen molar-refractivity contribution in [2.45, 2.75) is 0 Å². The zero-order chi connectivity index (χ0) is 38.1. The Hall–Kier alpha value is -6.77. The Labute approximate surface area is 303 Å². The molecule has 10 rings (SSSR count). The fraction of sp³-hybridized carbons (Fsp3) is 0. The normalized spacial score (nSPS) is 12.9. The Morgan fingerprint density at radius 1 is 0.412 bits per heavy atom. The van der Waals surface area contributed by atoms with Gasteiger partial charge in [-0.15, -0.1) is 0 Å². The Morgan fingerprint density at radius 2 is 0.961 bits per heavy atom. The Kier molecular flexibility index (Phi) is 5.73. The van der Waals surface area contributed by atoms with Crippen molar-refractivity contribution in [3.63, 3.8) is 0 Å². The van der Waals surface area contributed by atoms with Gasteiger partial charge in [0, 0.05) is 10.9 Å². The molecule has 9 aromatic carbocycles. The summed E-state index contributed by atoms with van der Waals surface area (Å²) in [6.07, 6.45) is 0. The lowest BCUT2D eigenvalue weighted by molar-refractivity contribution is 1.11. The SMILES string of the molecule is [2H]c1c([2H])c([2H])c(-c2cccc(-c3c4ccccc4c(-c4ccc(-c5nc6ccccc6n5-c5cccc6ccccc56)cc4)c4ccccc34)c2)c([2H])c1[2H]. The van der Waals surface area contributed by atoms with Crippen molar-refractivity contribution < 1.29 is 6.85 Å². The first-order valence-electron chi connectivity index (χ1n) is 19.6. The van der Waals surface area contributed by atoms with Crippen molar-refractivity contribution in [3.05, 3.63) is 194 Å². The molecule has 0 aliphatic rings. The third-order valence-corrected chi connectivity index (χ3v) is 9.87. The molecule has 51 heavy (non-hydrogen) atoms. The van der Waals surface area contributed by atoms with Gasteiger partial charge in [0.2, 0.25) is 0 Å². The molecule has 2 heteroatoms. The minimum atomic E-state index is -0.399. The predicted octanol–water partition coefficient (Wildman–Crippen LogP) is 13.2. The second-order valence-corrected chi connectivity index (χ2v) is 12.8. The minimum absolute atomic E-state index is 0.192. The average molecular weight is 654 g/mol. The molecule has 1 aromatic heterocycles. The molecule has 10 aromatic rings. The summed E-state index contributed by atoms with van der Waals surface area (Å²) in [5, 5.41) is 6.62. The van der Waals surface area contributed by atoms with Crippen molar-refractivity contribution in [3.8, 4) is 50.5 Å². The second-order valence-electron chi connectivity index (χ2n) is 12.8. The van der Waals surface area contributed by atoms with Gasteiger partial charge in [0.1, 0.15) is 5.82 Å². The molecular formula is C49H32N2. The van der Waals surface area contributed by atoms with Gasteiger partial charge in [0.25, 0.3) is 0 Å². The summed E-state index contributed by atoms with van der Waals surface area (Å²) in [5.74, 6) is 0.873. The van der Waals surface area contributed by atoms with Crippen LogP contribution in [0.2, 0.25) is 0 Å². The molecule has 0 N–H and O–H groups in total. The number of aromatic nitrogens is 2. The minimum Gasteiger partial charge on any atom is -0.292 e. The van der Waals surface area contributed by atoms with E-state index in [1.54, 1.807) is 0 Å². The van der Waals surface area contributed by atoms with Gasteiger partial charge in [-0.25, -0.2) is 4.98 Å². The summed E-state index contributed by atoms with van der Waals surface area (Å²) >= 11 is 0. The number of fused-ring (bicyclic) bond motifs is 4. The molecule has 0 saturated heterocycles. The smallest absolute Gasteiger partial charge is 0.145 e. The van der Waals surface area contributed by atoms with Gasteiger partial charge in [-0.3, -0.25) is 4.57 Å². The van der Waals surface area contributed by atoms with Crippen LogP contribution in [0.15, 0.2) is 194 Å². The Balaban J connectivity index is 1.15. The lowest BCUT2D eigenvalue weighted by Crippen LogP contribution is -1.98. The van der Waals surface area contributed by atoms with Crippen molar-refractivity contribution >= 4 is 43.4 Å². The predicted molar refractivity (Wildman–Crippen MR) is 215 cm³/mol. The van der Waals surface area contributed by atoms with Crippen LogP contribution in [0.3, 0.4) is 0 Å². The van der Waals surface area contributed by atoms with Crippen LogP contribution >= 0.6 is 0 Å². The van der Waals surface area contributed by atoms with Crippen molar-refractivity contribution in [1.29, 1.82) is 0 Å². The molecule has 0 fully saturated rings. The van der Waals surface area contributed by atoms with Crippen molar-refractivity contribution in [2.75, 3.05) is 0 Å². The van der Waals surface area contributed by atoms with Gasteiger partial charge in [-0.2, -0.15) is 0 Å².